The zero-order valence-corrected chi connectivity index (χ0v) is 11.4. The van der Waals surface area contributed by atoms with Crippen LogP contribution in [0.5, 0.6) is 0 Å². The van der Waals surface area contributed by atoms with Crippen LogP contribution >= 0.6 is 0 Å². The number of nitrogens with two attached hydrogens (primary N) is 2. The van der Waals surface area contributed by atoms with Crippen LogP contribution in [-0.2, 0) is 4.74 Å². The molecular formula is C13H17F2N5O. The minimum Gasteiger partial charge on any atom is -0.419 e. The fraction of sp³-hybridized carbons (Fsp3) is 0.462. The minimum atomic E-state index is -3.00. The van der Waals surface area contributed by atoms with Crippen molar-refractivity contribution in [2.45, 2.75) is 38.2 Å². The molecule has 21 heavy (non-hydrogen) atoms. The second-order valence-corrected chi connectivity index (χ2v) is 4.75. The lowest BCUT2D eigenvalue weighted by molar-refractivity contribution is -0.0966. The Labute approximate surface area is 120 Å². The lowest BCUT2D eigenvalue weighted by atomic mass is 10.1. The van der Waals surface area contributed by atoms with E-state index in [2.05, 4.69) is 19.7 Å². The number of rotatable bonds is 5. The lowest BCUT2D eigenvalue weighted by Crippen LogP contribution is -2.14. The van der Waals surface area contributed by atoms with Crippen LogP contribution in [0.1, 0.15) is 37.3 Å². The maximum Gasteiger partial charge on any atom is 0.388 e. The van der Waals surface area contributed by atoms with Crippen LogP contribution in [0.3, 0.4) is 0 Å². The number of alkyl halides is 2. The van der Waals surface area contributed by atoms with Gasteiger partial charge in [-0.3, -0.25) is 4.98 Å². The maximum atomic E-state index is 11.9. The van der Waals surface area contributed by atoms with E-state index in [4.69, 9.17) is 11.5 Å². The first-order valence-electron chi connectivity index (χ1n) is 6.62. The Bertz CT molecular complexity index is 541. The molecule has 1 aliphatic carbocycles. The van der Waals surface area contributed by atoms with Crippen molar-refractivity contribution in [2.75, 3.05) is 0 Å². The van der Waals surface area contributed by atoms with Gasteiger partial charge in [0.05, 0.1) is 11.9 Å². The SMILES string of the molecule is NC(/C=C(\N)OC(F)F)=Nc1cncc(C2CCCC2)n1. The van der Waals surface area contributed by atoms with E-state index in [1.807, 2.05) is 0 Å². The number of amidine groups is 1. The molecule has 6 nitrogen and oxygen atoms in total. The van der Waals surface area contributed by atoms with Gasteiger partial charge in [-0.2, -0.15) is 8.78 Å². The van der Waals surface area contributed by atoms with Gasteiger partial charge >= 0.3 is 6.61 Å². The van der Waals surface area contributed by atoms with Crippen molar-refractivity contribution in [3.63, 3.8) is 0 Å². The van der Waals surface area contributed by atoms with Crippen molar-refractivity contribution in [1.82, 2.24) is 9.97 Å². The summed E-state index contributed by atoms with van der Waals surface area (Å²) in [6.07, 6.45) is 8.73. The number of aromatic nitrogens is 2. The topological polar surface area (TPSA) is 99.4 Å². The van der Waals surface area contributed by atoms with Crippen molar-refractivity contribution in [3.05, 3.63) is 30.0 Å². The zero-order valence-electron chi connectivity index (χ0n) is 11.4. The van der Waals surface area contributed by atoms with Gasteiger partial charge in [0.25, 0.3) is 0 Å². The molecule has 1 aliphatic rings. The monoisotopic (exact) mass is 297 g/mol. The molecule has 8 heteroatoms. The van der Waals surface area contributed by atoms with Crippen LogP contribution in [0.15, 0.2) is 29.3 Å². The van der Waals surface area contributed by atoms with Gasteiger partial charge in [0.1, 0.15) is 5.84 Å². The van der Waals surface area contributed by atoms with Gasteiger partial charge in [-0.05, 0) is 12.8 Å². The molecular weight excluding hydrogens is 280 g/mol. The summed E-state index contributed by atoms with van der Waals surface area (Å²) in [5.41, 5.74) is 11.7. The van der Waals surface area contributed by atoms with E-state index in [-0.39, 0.29) is 5.84 Å². The molecule has 0 unspecified atom stereocenters. The minimum absolute atomic E-state index is 0.0778. The smallest absolute Gasteiger partial charge is 0.388 e. The van der Waals surface area contributed by atoms with Gasteiger partial charge in [0.15, 0.2) is 11.7 Å². The zero-order chi connectivity index (χ0) is 15.2. The van der Waals surface area contributed by atoms with E-state index in [0.717, 1.165) is 24.6 Å². The molecule has 0 aliphatic heterocycles. The highest BCUT2D eigenvalue weighted by Gasteiger charge is 2.18. The fourth-order valence-electron chi connectivity index (χ4n) is 2.29. The first kappa shape index (κ1) is 15.1. The Kier molecular flexibility index (Phi) is 5.02. The van der Waals surface area contributed by atoms with Gasteiger partial charge < -0.3 is 16.2 Å². The fourth-order valence-corrected chi connectivity index (χ4v) is 2.29. The number of nitrogens with zero attached hydrogens (tertiary/aromatic N) is 3. The van der Waals surface area contributed by atoms with Crippen LogP contribution in [0.2, 0.25) is 0 Å². The van der Waals surface area contributed by atoms with Crippen LogP contribution < -0.4 is 11.5 Å². The lowest BCUT2D eigenvalue weighted by Gasteiger charge is -2.07. The average molecular weight is 297 g/mol. The molecule has 114 valence electrons. The summed E-state index contributed by atoms with van der Waals surface area (Å²) >= 11 is 0. The van der Waals surface area contributed by atoms with Gasteiger partial charge in [0, 0.05) is 18.2 Å². The summed E-state index contributed by atoms with van der Waals surface area (Å²) < 4.78 is 27.9. The van der Waals surface area contributed by atoms with Crippen molar-refractivity contribution >= 4 is 11.7 Å². The summed E-state index contributed by atoms with van der Waals surface area (Å²) in [6, 6.07) is 0. The van der Waals surface area contributed by atoms with Crippen LogP contribution in [0, 0.1) is 0 Å². The Morgan fingerprint density at radius 2 is 2.05 bits per heavy atom. The normalized spacial score (nSPS) is 17.5. The Morgan fingerprint density at radius 3 is 2.71 bits per heavy atom. The summed E-state index contributed by atoms with van der Waals surface area (Å²) in [6.45, 7) is -3.00. The third kappa shape index (κ3) is 4.66. The third-order valence-electron chi connectivity index (χ3n) is 3.17. The second kappa shape index (κ2) is 6.96. The quantitative estimate of drug-likeness (QED) is 0.493. The van der Waals surface area contributed by atoms with E-state index < -0.39 is 12.5 Å². The third-order valence-corrected chi connectivity index (χ3v) is 3.17. The Balaban J connectivity index is 2.10. The number of hydrogen-bond acceptors (Lipinski definition) is 5. The Hall–Kier alpha value is -2.25. The van der Waals surface area contributed by atoms with E-state index in [0.29, 0.717) is 11.7 Å². The van der Waals surface area contributed by atoms with Gasteiger partial charge in [-0.15, -0.1) is 0 Å². The van der Waals surface area contributed by atoms with Crippen molar-refractivity contribution in [1.29, 1.82) is 0 Å². The molecule has 0 bridgehead atoms. The predicted octanol–water partition coefficient (Wildman–Crippen LogP) is 2.16. The van der Waals surface area contributed by atoms with Crippen LogP contribution in [0.4, 0.5) is 14.6 Å². The van der Waals surface area contributed by atoms with E-state index >= 15 is 0 Å². The standard InChI is InChI=1S/C13H17F2N5O/c14-13(15)21-11(17)5-10(16)20-12-7-18-6-9(19-12)8-3-1-2-4-8/h5-8,13H,1-4,17H2,(H2,16,19,20)/b11-5+. The number of hydrogen-bond donors (Lipinski definition) is 2. The summed E-state index contributed by atoms with van der Waals surface area (Å²) in [5.74, 6) is 0.131. The molecule has 1 aromatic heterocycles. The highest BCUT2D eigenvalue weighted by Crippen LogP contribution is 2.33. The van der Waals surface area contributed by atoms with Crippen molar-refractivity contribution in [2.24, 2.45) is 16.5 Å². The van der Waals surface area contributed by atoms with Crippen LogP contribution in [-0.4, -0.2) is 22.4 Å². The van der Waals surface area contributed by atoms with E-state index in [1.165, 1.54) is 19.0 Å². The summed E-state index contributed by atoms with van der Waals surface area (Å²) in [7, 11) is 0. The molecule has 1 fully saturated rings. The molecule has 0 spiro atoms. The molecule has 0 aromatic carbocycles. The number of halogens is 2. The number of aliphatic imine (C=N–C) groups is 1. The van der Waals surface area contributed by atoms with Gasteiger partial charge in [0.2, 0.25) is 0 Å². The summed E-state index contributed by atoms with van der Waals surface area (Å²) in [4.78, 5) is 12.4. The molecule has 1 aromatic rings. The van der Waals surface area contributed by atoms with Gasteiger partial charge in [-0.1, -0.05) is 12.8 Å². The Morgan fingerprint density at radius 1 is 1.33 bits per heavy atom. The highest BCUT2D eigenvalue weighted by atomic mass is 19.3. The molecule has 2 rings (SSSR count). The molecule has 1 heterocycles. The maximum absolute atomic E-state index is 11.9. The molecule has 0 saturated heterocycles. The number of ether oxygens (including phenoxy) is 1. The molecule has 1 saturated carbocycles. The van der Waals surface area contributed by atoms with E-state index in [1.54, 1.807) is 6.20 Å². The van der Waals surface area contributed by atoms with Crippen molar-refractivity contribution < 1.29 is 13.5 Å². The molecule has 0 radical (unpaired) electrons. The summed E-state index contributed by atoms with van der Waals surface area (Å²) in [5, 5.41) is 0. The van der Waals surface area contributed by atoms with E-state index in [9.17, 15) is 8.78 Å². The molecule has 0 amide bonds. The molecule has 0 atom stereocenters. The average Bonchev–Trinajstić information content (AvgIpc) is 2.91. The first-order valence-corrected chi connectivity index (χ1v) is 6.62. The van der Waals surface area contributed by atoms with Crippen LogP contribution in [0.25, 0.3) is 0 Å². The first-order chi connectivity index (χ1) is 10.0. The van der Waals surface area contributed by atoms with Gasteiger partial charge in [-0.25, -0.2) is 9.98 Å². The largest absolute Gasteiger partial charge is 0.419 e. The second-order valence-electron chi connectivity index (χ2n) is 4.75. The predicted molar refractivity (Wildman–Crippen MR) is 73.9 cm³/mol. The highest BCUT2D eigenvalue weighted by molar-refractivity contribution is 5.93. The molecule has 4 N–H and O–H groups in total. The van der Waals surface area contributed by atoms with Crippen molar-refractivity contribution in [3.8, 4) is 0 Å².